The van der Waals surface area contributed by atoms with Gasteiger partial charge in [0.15, 0.2) is 0 Å². The van der Waals surface area contributed by atoms with Crippen molar-refractivity contribution in [2.75, 3.05) is 14.2 Å². The first kappa shape index (κ1) is 16.9. The summed E-state index contributed by atoms with van der Waals surface area (Å²) in [5.41, 5.74) is 2.34. The van der Waals surface area contributed by atoms with Gasteiger partial charge in [-0.2, -0.15) is 0 Å². The molecule has 0 saturated heterocycles. The van der Waals surface area contributed by atoms with E-state index in [1.807, 2.05) is 0 Å². The molecule has 3 nitrogen and oxygen atoms in total. The highest BCUT2D eigenvalue weighted by Gasteiger charge is 2.27. The second kappa shape index (κ2) is 8.21. The van der Waals surface area contributed by atoms with Crippen molar-refractivity contribution in [1.29, 1.82) is 0 Å². The molecule has 0 N–H and O–H groups in total. The maximum atomic E-state index is 11.8. The van der Waals surface area contributed by atoms with E-state index in [1.165, 1.54) is 24.8 Å². The molecule has 0 bridgehead atoms. The van der Waals surface area contributed by atoms with Crippen molar-refractivity contribution in [3.8, 4) is 11.5 Å². The van der Waals surface area contributed by atoms with E-state index in [4.69, 9.17) is 9.47 Å². The van der Waals surface area contributed by atoms with Gasteiger partial charge in [-0.15, -0.1) is 0 Å². The van der Waals surface area contributed by atoms with Crippen molar-refractivity contribution in [2.45, 2.75) is 64.2 Å². The summed E-state index contributed by atoms with van der Waals surface area (Å²) in [6.45, 7) is 2.21. The van der Waals surface area contributed by atoms with Gasteiger partial charge in [0.25, 0.3) is 0 Å². The van der Waals surface area contributed by atoms with E-state index < -0.39 is 0 Å². The summed E-state index contributed by atoms with van der Waals surface area (Å²) >= 11 is 0. The first-order valence-corrected chi connectivity index (χ1v) is 8.46. The Kier molecular flexibility index (Phi) is 6.29. The Balaban J connectivity index is 2.29. The smallest absolute Gasteiger partial charge is 0.133 e. The summed E-state index contributed by atoms with van der Waals surface area (Å²) in [7, 11) is 3.41. The van der Waals surface area contributed by atoms with Gasteiger partial charge in [0.2, 0.25) is 0 Å². The van der Waals surface area contributed by atoms with Gasteiger partial charge < -0.3 is 9.47 Å². The normalized spacial score (nSPS) is 18.3. The highest BCUT2D eigenvalue weighted by molar-refractivity contribution is 5.80. The number of aryl methyl sites for hydroxylation is 1. The lowest BCUT2D eigenvalue weighted by Crippen LogP contribution is -2.15. The number of ketones is 1. The fourth-order valence-corrected chi connectivity index (χ4v) is 3.39. The van der Waals surface area contributed by atoms with Gasteiger partial charge in [-0.1, -0.05) is 19.8 Å². The highest BCUT2D eigenvalue weighted by Crippen LogP contribution is 2.42. The lowest BCUT2D eigenvalue weighted by molar-refractivity contribution is -0.120. The minimum Gasteiger partial charge on any atom is -0.496 e. The fourth-order valence-electron chi connectivity index (χ4n) is 3.39. The average molecular weight is 304 g/mol. The number of Topliss-reactive ketones (excluding diaryl/α,β-unsaturated/α-hetero) is 1. The Hall–Kier alpha value is -1.51. The van der Waals surface area contributed by atoms with Crippen LogP contribution in [0.2, 0.25) is 0 Å². The molecule has 3 heteroatoms. The predicted octanol–water partition coefficient (Wildman–Crippen LogP) is 4.66. The monoisotopic (exact) mass is 304 g/mol. The Morgan fingerprint density at radius 2 is 1.82 bits per heavy atom. The molecule has 22 heavy (non-hydrogen) atoms. The molecule has 1 saturated carbocycles. The Labute approximate surface area is 134 Å². The number of benzene rings is 1. The number of carbonyl (C=O) groups is 1. The molecule has 0 aliphatic heterocycles. The molecule has 0 heterocycles. The van der Waals surface area contributed by atoms with Gasteiger partial charge in [-0.05, 0) is 49.3 Å². The molecule has 0 aromatic heterocycles. The van der Waals surface area contributed by atoms with E-state index in [1.54, 1.807) is 14.2 Å². The molecule has 1 fully saturated rings. The summed E-state index contributed by atoms with van der Waals surface area (Å²) in [6.07, 6.45) is 8.02. The molecule has 1 aromatic rings. The largest absolute Gasteiger partial charge is 0.496 e. The van der Waals surface area contributed by atoms with Crippen LogP contribution in [0.1, 0.15) is 68.9 Å². The van der Waals surface area contributed by atoms with Crippen LogP contribution >= 0.6 is 0 Å². The van der Waals surface area contributed by atoms with Gasteiger partial charge >= 0.3 is 0 Å². The van der Waals surface area contributed by atoms with Gasteiger partial charge in [0, 0.05) is 18.4 Å². The zero-order valence-corrected chi connectivity index (χ0v) is 14.1. The number of hydrogen-bond acceptors (Lipinski definition) is 3. The third kappa shape index (κ3) is 4.02. The van der Waals surface area contributed by atoms with Crippen molar-refractivity contribution < 1.29 is 14.3 Å². The summed E-state index contributed by atoms with van der Waals surface area (Å²) in [5, 5.41) is 0. The number of carbonyl (C=O) groups excluding carboxylic acids is 1. The van der Waals surface area contributed by atoms with Crippen molar-refractivity contribution in [3.05, 3.63) is 23.3 Å². The molecule has 0 radical (unpaired) electrons. The zero-order chi connectivity index (χ0) is 15.9. The fraction of sp³-hybridized carbons (Fsp3) is 0.632. The van der Waals surface area contributed by atoms with E-state index in [0.717, 1.165) is 42.7 Å². The van der Waals surface area contributed by atoms with Crippen LogP contribution in [0.5, 0.6) is 11.5 Å². The molecule has 1 atom stereocenters. The summed E-state index contributed by atoms with van der Waals surface area (Å²) in [5.74, 6) is 2.35. The molecular weight excluding hydrogens is 276 g/mol. The van der Waals surface area contributed by atoms with Crippen molar-refractivity contribution in [1.82, 2.24) is 0 Å². The third-order valence-electron chi connectivity index (χ3n) is 4.56. The highest BCUT2D eigenvalue weighted by atomic mass is 16.5. The van der Waals surface area contributed by atoms with Gasteiger partial charge in [-0.25, -0.2) is 0 Å². The molecule has 1 aliphatic carbocycles. The van der Waals surface area contributed by atoms with Crippen molar-refractivity contribution in [3.63, 3.8) is 0 Å². The second-order valence-electron chi connectivity index (χ2n) is 6.20. The summed E-state index contributed by atoms with van der Waals surface area (Å²) in [6, 6.07) is 4.26. The lowest BCUT2D eigenvalue weighted by atomic mass is 9.82. The van der Waals surface area contributed by atoms with Crippen molar-refractivity contribution in [2.24, 2.45) is 0 Å². The van der Waals surface area contributed by atoms with Crippen LogP contribution in [0.15, 0.2) is 12.1 Å². The maximum absolute atomic E-state index is 11.8. The standard InChI is InChI=1S/C19H28O3/c1-4-5-6-8-14-11-17(21-2)19(18(12-14)22-3)15-9-7-10-16(20)13-15/h11-12,15H,4-10,13H2,1-3H3. The van der Waals surface area contributed by atoms with E-state index in [-0.39, 0.29) is 5.92 Å². The van der Waals surface area contributed by atoms with Crippen LogP contribution in [-0.2, 0) is 11.2 Å². The number of unbranched alkanes of at least 4 members (excludes halogenated alkanes) is 2. The van der Waals surface area contributed by atoms with Crippen LogP contribution in [0, 0.1) is 0 Å². The molecule has 0 amide bonds. The first-order chi connectivity index (χ1) is 10.7. The second-order valence-corrected chi connectivity index (χ2v) is 6.20. The average Bonchev–Trinajstić information content (AvgIpc) is 2.54. The van der Waals surface area contributed by atoms with Gasteiger partial charge in [-0.3, -0.25) is 4.79 Å². The third-order valence-corrected chi connectivity index (χ3v) is 4.56. The van der Waals surface area contributed by atoms with Crippen LogP contribution in [0.3, 0.4) is 0 Å². The maximum Gasteiger partial charge on any atom is 0.133 e. The van der Waals surface area contributed by atoms with E-state index in [9.17, 15) is 4.79 Å². The molecule has 1 aliphatic rings. The molecular formula is C19H28O3. The summed E-state index contributed by atoms with van der Waals surface area (Å²) < 4.78 is 11.3. The molecule has 1 aromatic carbocycles. The molecule has 0 spiro atoms. The minimum atomic E-state index is 0.232. The Morgan fingerprint density at radius 1 is 1.14 bits per heavy atom. The lowest BCUT2D eigenvalue weighted by Gasteiger charge is -2.25. The van der Waals surface area contributed by atoms with Crippen LogP contribution < -0.4 is 9.47 Å². The Bertz CT molecular complexity index is 482. The SMILES string of the molecule is CCCCCc1cc(OC)c(C2CCCC(=O)C2)c(OC)c1. The molecule has 1 unspecified atom stereocenters. The molecule has 2 rings (SSSR count). The number of hydrogen-bond donors (Lipinski definition) is 0. The van der Waals surface area contributed by atoms with E-state index in [2.05, 4.69) is 19.1 Å². The van der Waals surface area contributed by atoms with Gasteiger partial charge in [0.05, 0.1) is 14.2 Å². The zero-order valence-electron chi connectivity index (χ0n) is 14.1. The van der Waals surface area contributed by atoms with Crippen molar-refractivity contribution >= 4 is 5.78 Å². The molecule has 122 valence electrons. The van der Waals surface area contributed by atoms with Crippen LogP contribution in [-0.4, -0.2) is 20.0 Å². The minimum absolute atomic E-state index is 0.232. The Morgan fingerprint density at radius 3 is 2.36 bits per heavy atom. The number of ether oxygens (including phenoxy) is 2. The predicted molar refractivity (Wildman–Crippen MR) is 89.0 cm³/mol. The van der Waals surface area contributed by atoms with E-state index >= 15 is 0 Å². The quantitative estimate of drug-likeness (QED) is 0.687. The number of rotatable bonds is 7. The van der Waals surface area contributed by atoms with Crippen LogP contribution in [0.4, 0.5) is 0 Å². The number of methoxy groups -OCH3 is 2. The van der Waals surface area contributed by atoms with Gasteiger partial charge in [0.1, 0.15) is 17.3 Å². The van der Waals surface area contributed by atoms with E-state index in [0.29, 0.717) is 12.2 Å². The summed E-state index contributed by atoms with van der Waals surface area (Å²) in [4.78, 5) is 11.8. The topological polar surface area (TPSA) is 35.5 Å². The van der Waals surface area contributed by atoms with Crippen LogP contribution in [0.25, 0.3) is 0 Å². The first-order valence-electron chi connectivity index (χ1n) is 8.46.